The Morgan fingerprint density at radius 2 is 1.88 bits per heavy atom. The minimum absolute atomic E-state index is 0.255. The Morgan fingerprint density at radius 1 is 1.12 bits per heavy atom. The van der Waals surface area contributed by atoms with Crippen molar-refractivity contribution in [2.45, 2.75) is 31.0 Å². The van der Waals surface area contributed by atoms with Crippen LogP contribution in [0.5, 0.6) is 5.75 Å². The Bertz CT molecular complexity index is 895. The van der Waals surface area contributed by atoms with E-state index in [1.165, 1.54) is 11.8 Å². The van der Waals surface area contributed by atoms with E-state index in [1.807, 2.05) is 43.3 Å². The fourth-order valence-corrected chi connectivity index (χ4v) is 3.17. The highest BCUT2D eigenvalue weighted by Gasteiger charge is 2.17. The van der Waals surface area contributed by atoms with Crippen LogP contribution in [0.1, 0.15) is 20.8 Å². The molecule has 0 saturated carbocycles. The SMILES string of the molecule is CCOC(=O)[C@@H](C)Sc1ccc2nnc(-c3ccc(OCC)cc3)n2n1. The summed E-state index contributed by atoms with van der Waals surface area (Å²) in [5.41, 5.74) is 1.52. The average molecular weight is 372 g/mol. The van der Waals surface area contributed by atoms with Crippen LogP contribution in [-0.2, 0) is 9.53 Å². The Balaban J connectivity index is 1.87. The van der Waals surface area contributed by atoms with E-state index >= 15 is 0 Å². The van der Waals surface area contributed by atoms with E-state index in [4.69, 9.17) is 9.47 Å². The van der Waals surface area contributed by atoms with Crippen LogP contribution >= 0.6 is 11.8 Å². The van der Waals surface area contributed by atoms with Crippen molar-refractivity contribution in [3.63, 3.8) is 0 Å². The molecular weight excluding hydrogens is 352 g/mol. The Hall–Kier alpha value is -2.61. The molecule has 1 atom stereocenters. The second-order valence-corrected chi connectivity index (χ2v) is 6.80. The molecule has 2 heterocycles. The van der Waals surface area contributed by atoms with Crippen LogP contribution in [-0.4, -0.2) is 44.2 Å². The van der Waals surface area contributed by atoms with Gasteiger partial charge in [0.05, 0.1) is 13.2 Å². The van der Waals surface area contributed by atoms with Gasteiger partial charge in [-0.1, -0.05) is 11.8 Å². The summed E-state index contributed by atoms with van der Waals surface area (Å²) in [6.07, 6.45) is 0. The fraction of sp³-hybridized carbons (Fsp3) is 0.333. The molecule has 8 heteroatoms. The standard InChI is InChI=1S/C18H20N4O3S/c1-4-24-14-8-6-13(7-9-14)17-20-19-15-10-11-16(21-22(15)17)26-12(3)18(23)25-5-2/h6-12H,4-5H2,1-3H3/t12-/m1/s1. The summed E-state index contributed by atoms with van der Waals surface area (Å²) in [5.74, 6) is 1.18. The molecular formula is C18H20N4O3S. The predicted molar refractivity (Wildman–Crippen MR) is 99.3 cm³/mol. The van der Waals surface area contributed by atoms with Crippen LogP contribution in [0.2, 0.25) is 0 Å². The van der Waals surface area contributed by atoms with E-state index in [9.17, 15) is 4.79 Å². The minimum atomic E-state index is -0.342. The number of carbonyl (C=O) groups excluding carboxylic acids is 1. The first-order valence-electron chi connectivity index (χ1n) is 8.41. The summed E-state index contributed by atoms with van der Waals surface area (Å²) in [7, 11) is 0. The van der Waals surface area contributed by atoms with Gasteiger partial charge < -0.3 is 9.47 Å². The van der Waals surface area contributed by atoms with E-state index in [0.29, 0.717) is 29.7 Å². The van der Waals surface area contributed by atoms with Crippen LogP contribution < -0.4 is 4.74 Å². The van der Waals surface area contributed by atoms with Gasteiger partial charge in [0, 0.05) is 5.56 Å². The van der Waals surface area contributed by atoms with E-state index < -0.39 is 0 Å². The summed E-state index contributed by atoms with van der Waals surface area (Å²) in [6, 6.07) is 11.3. The zero-order chi connectivity index (χ0) is 18.5. The number of hydrogen-bond acceptors (Lipinski definition) is 7. The third kappa shape index (κ3) is 3.96. The lowest BCUT2D eigenvalue weighted by molar-refractivity contribution is -0.142. The first-order chi connectivity index (χ1) is 12.6. The molecule has 0 fully saturated rings. The van der Waals surface area contributed by atoms with Gasteiger partial charge in [-0.25, -0.2) is 0 Å². The number of esters is 1. The number of nitrogens with zero attached hydrogens (tertiary/aromatic N) is 4. The monoisotopic (exact) mass is 372 g/mol. The lowest BCUT2D eigenvalue weighted by Crippen LogP contribution is -2.17. The number of rotatable bonds is 7. The first-order valence-corrected chi connectivity index (χ1v) is 9.29. The molecule has 3 aromatic rings. The smallest absolute Gasteiger partial charge is 0.319 e. The van der Waals surface area contributed by atoms with Gasteiger partial charge in [-0.2, -0.15) is 9.61 Å². The van der Waals surface area contributed by atoms with E-state index in [2.05, 4.69) is 15.3 Å². The molecule has 0 unspecified atom stereocenters. The maximum atomic E-state index is 11.8. The third-order valence-corrected chi connectivity index (χ3v) is 4.58. The zero-order valence-electron chi connectivity index (χ0n) is 14.9. The number of thioether (sulfide) groups is 1. The van der Waals surface area contributed by atoms with Crippen LogP contribution in [0.25, 0.3) is 17.0 Å². The molecule has 0 N–H and O–H groups in total. The van der Waals surface area contributed by atoms with Gasteiger partial charge in [0.25, 0.3) is 0 Å². The van der Waals surface area contributed by atoms with Gasteiger partial charge in [0.15, 0.2) is 11.5 Å². The van der Waals surface area contributed by atoms with Gasteiger partial charge in [-0.15, -0.1) is 10.2 Å². The number of hydrogen-bond donors (Lipinski definition) is 0. The van der Waals surface area contributed by atoms with Crippen molar-refractivity contribution in [2.75, 3.05) is 13.2 Å². The summed E-state index contributed by atoms with van der Waals surface area (Å²) in [4.78, 5) is 11.8. The molecule has 7 nitrogen and oxygen atoms in total. The Morgan fingerprint density at radius 3 is 2.58 bits per heavy atom. The van der Waals surface area contributed by atoms with Crippen molar-refractivity contribution in [1.29, 1.82) is 0 Å². The van der Waals surface area contributed by atoms with Crippen LogP contribution in [0.4, 0.5) is 0 Å². The lowest BCUT2D eigenvalue weighted by atomic mass is 10.2. The summed E-state index contributed by atoms with van der Waals surface area (Å²) in [6.45, 7) is 6.52. The topological polar surface area (TPSA) is 78.6 Å². The van der Waals surface area contributed by atoms with Gasteiger partial charge in [0.2, 0.25) is 0 Å². The van der Waals surface area contributed by atoms with E-state index in [0.717, 1.165) is 11.3 Å². The molecule has 0 bridgehead atoms. The molecule has 0 aliphatic rings. The molecule has 0 radical (unpaired) electrons. The summed E-state index contributed by atoms with van der Waals surface area (Å²) in [5, 5.41) is 13.3. The van der Waals surface area contributed by atoms with Gasteiger partial charge in [-0.3, -0.25) is 4.79 Å². The largest absolute Gasteiger partial charge is 0.494 e. The van der Waals surface area contributed by atoms with E-state index in [1.54, 1.807) is 18.4 Å². The third-order valence-electron chi connectivity index (χ3n) is 3.58. The zero-order valence-corrected chi connectivity index (χ0v) is 15.7. The van der Waals surface area contributed by atoms with Crippen molar-refractivity contribution >= 4 is 23.4 Å². The van der Waals surface area contributed by atoms with Gasteiger partial charge >= 0.3 is 5.97 Å². The van der Waals surface area contributed by atoms with Crippen LogP contribution in [0.3, 0.4) is 0 Å². The quantitative estimate of drug-likeness (QED) is 0.465. The van der Waals surface area contributed by atoms with Crippen LogP contribution in [0.15, 0.2) is 41.4 Å². The van der Waals surface area contributed by atoms with E-state index in [-0.39, 0.29) is 11.2 Å². The minimum Gasteiger partial charge on any atom is -0.494 e. The highest BCUT2D eigenvalue weighted by molar-refractivity contribution is 8.00. The molecule has 3 rings (SSSR count). The average Bonchev–Trinajstić information content (AvgIpc) is 3.06. The Labute approximate surface area is 155 Å². The number of aromatic nitrogens is 4. The second kappa shape index (κ2) is 8.18. The molecule has 0 saturated heterocycles. The number of fused-ring (bicyclic) bond motifs is 1. The molecule has 0 aliphatic heterocycles. The predicted octanol–water partition coefficient (Wildman–Crippen LogP) is 3.23. The summed E-state index contributed by atoms with van der Waals surface area (Å²) >= 11 is 1.34. The van der Waals surface area contributed by atoms with Crippen molar-refractivity contribution in [1.82, 2.24) is 19.8 Å². The molecule has 1 aromatic carbocycles. The van der Waals surface area contributed by atoms with Crippen LogP contribution in [0, 0.1) is 0 Å². The first kappa shape index (κ1) is 18.2. The fourth-order valence-electron chi connectivity index (χ4n) is 2.37. The number of carbonyl (C=O) groups is 1. The second-order valence-electron chi connectivity index (χ2n) is 5.43. The molecule has 0 aliphatic carbocycles. The summed E-state index contributed by atoms with van der Waals surface area (Å²) < 4.78 is 12.2. The molecule has 0 amide bonds. The van der Waals surface area contributed by atoms with Crippen molar-refractivity contribution < 1.29 is 14.3 Å². The van der Waals surface area contributed by atoms with Crippen molar-refractivity contribution in [3.8, 4) is 17.1 Å². The highest BCUT2D eigenvalue weighted by Crippen LogP contribution is 2.25. The van der Waals surface area contributed by atoms with Gasteiger partial charge in [-0.05, 0) is 57.2 Å². The van der Waals surface area contributed by atoms with Crippen molar-refractivity contribution in [2.24, 2.45) is 0 Å². The molecule has 0 spiro atoms. The molecule has 136 valence electrons. The lowest BCUT2D eigenvalue weighted by Gasteiger charge is -2.09. The normalized spacial score (nSPS) is 12.1. The maximum Gasteiger partial charge on any atom is 0.319 e. The highest BCUT2D eigenvalue weighted by atomic mass is 32.2. The number of benzene rings is 1. The van der Waals surface area contributed by atoms with Gasteiger partial charge in [0.1, 0.15) is 16.0 Å². The molecule has 2 aromatic heterocycles. The maximum absolute atomic E-state index is 11.8. The Kier molecular flexibility index (Phi) is 5.72. The molecule has 26 heavy (non-hydrogen) atoms. The van der Waals surface area contributed by atoms with Crippen molar-refractivity contribution in [3.05, 3.63) is 36.4 Å². The number of ether oxygens (including phenoxy) is 2.